The Morgan fingerprint density at radius 1 is 1.04 bits per heavy atom. The summed E-state index contributed by atoms with van der Waals surface area (Å²) in [6, 6.07) is 5.96. The third-order valence-electron chi connectivity index (χ3n) is 8.48. The third-order valence-corrected chi connectivity index (χ3v) is 9.07. The quantitative estimate of drug-likeness (QED) is 0.258. The molecule has 0 radical (unpaired) electrons. The van der Waals surface area contributed by atoms with E-state index >= 15 is 4.39 Å². The number of nitrogens with one attached hydrogen (secondary N) is 1. The standard InChI is InChI=1S/C32H33F3N6O6S/c1-46-30-27(39-48(2,44)45)12-19(16-36-30)28-24-13-21(33)11-20(29(24)38-32(37-28)41-7-9-47-10-8-41)17-40-5-3-18(4-6-40)22-14-26(35)23(31(42)43)15-25(22)34/h11-16,18,39H,3-10,17H2,1-2H3,(H,42,43). The van der Waals surface area contributed by atoms with Gasteiger partial charge in [-0.2, -0.15) is 0 Å². The number of nitrogens with zero attached hydrogens (tertiary/aromatic N) is 5. The summed E-state index contributed by atoms with van der Waals surface area (Å²) in [4.78, 5) is 29.2. The van der Waals surface area contributed by atoms with Crippen molar-refractivity contribution in [1.29, 1.82) is 0 Å². The Hall–Kier alpha value is -4.54. The highest BCUT2D eigenvalue weighted by Crippen LogP contribution is 2.36. The van der Waals surface area contributed by atoms with Gasteiger partial charge in [0.15, 0.2) is 0 Å². The molecule has 2 aliphatic rings. The molecule has 0 spiro atoms. The molecule has 2 N–H and O–H groups in total. The number of aromatic nitrogens is 3. The monoisotopic (exact) mass is 686 g/mol. The van der Waals surface area contributed by atoms with Crippen LogP contribution < -0.4 is 14.4 Å². The summed E-state index contributed by atoms with van der Waals surface area (Å²) >= 11 is 0. The second-order valence-electron chi connectivity index (χ2n) is 11.8. The Morgan fingerprint density at radius 2 is 1.77 bits per heavy atom. The summed E-state index contributed by atoms with van der Waals surface area (Å²) < 4.78 is 81.9. The number of ether oxygens (including phenoxy) is 2. The Bertz CT molecular complexity index is 1990. The van der Waals surface area contributed by atoms with Gasteiger partial charge >= 0.3 is 5.97 Å². The SMILES string of the molecule is COc1ncc(-c2nc(N3CCOCC3)nc3c(CN4CCC(c5cc(F)c(C(=O)O)cc5F)CC4)cc(F)cc23)cc1NS(C)(=O)=O. The van der Waals surface area contributed by atoms with E-state index in [1.165, 1.54) is 31.5 Å². The molecular formula is C32H33F3N6O6S. The zero-order valence-corrected chi connectivity index (χ0v) is 27.0. The van der Waals surface area contributed by atoms with Crippen LogP contribution in [0.3, 0.4) is 0 Å². The molecule has 254 valence electrons. The van der Waals surface area contributed by atoms with E-state index in [0.29, 0.717) is 92.5 Å². The third kappa shape index (κ3) is 7.15. The highest BCUT2D eigenvalue weighted by Gasteiger charge is 2.27. The topological polar surface area (TPSA) is 147 Å². The lowest BCUT2D eigenvalue weighted by atomic mass is 9.88. The van der Waals surface area contributed by atoms with Gasteiger partial charge in [0.05, 0.1) is 43.4 Å². The number of pyridine rings is 1. The summed E-state index contributed by atoms with van der Waals surface area (Å²) in [5.74, 6) is -3.68. The van der Waals surface area contributed by atoms with Crippen molar-refractivity contribution in [2.45, 2.75) is 25.3 Å². The minimum Gasteiger partial charge on any atom is -0.480 e. The number of carboxylic acids is 1. The van der Waals surface area contributed by atoms with E-state index < -0.39 is 39.0 Å². The molecule has 6 rings (SSSR count). The molecule has 0 aliphatic carbocycles. The average molecular weight is 687 g/mol. The number of benzene rings is 2. The molecule has 2 saturated heterocycles. The van der Waals surface area contributed by atoms with Crippen molar-refractivity contribution in [1.82, 2.24) is 19.9 Å². The van der Waals surface area contributed by atoms with E-state index in [-0.39, 0.29) is 23.0 Å². The predicted octanol–water partition coefficient (Wildman–Crippen LogP) is 4.40. The molecule has 0 saturated carbocycles. The minimum absolute atomic E-state index is 0.0478. The van der Waals surface area contributed by atoms with E-state index in [0.717, 1.165) is 18.4 Å². The van der Waals surface area contributed by atoms with Crippen molar-refractivity contribution in [3.8, 4) is 17.1 Å². The van der Waals surface area contributed by atoms with Gasteiger partial charge in [-0.3, -0.25) is 9.62 Å². The van der Waals surface area contributed by atoms with Gasteiger partial charge in [0, 0.05) is 36.8 Å². The fraction of sp³-hybridized carbons (Fsp3) is 0.375. The van der Waals surface area contributed by atoms with Gasteiger partial charge in [0.2, 0.25) is 21.9 Å². The van der Waals surface area contributed by atoms with Gasteiger partial charge in [-0.15, -0.1) is 0 Å². The lowest BCUT2D eigenvalue weighted by Crippen LogP contribution is -2.37. The summed E-state index contributed by atoms with van der Waals surface area (Å²) in [6.07, 6.45) is 3.42. The second-order valence-corrected chi connectivity index (χ2v) is 13.5. The fourth-order valence-corrected chi connectivity index (χ4v) is 6.74. The van der Waals surface area contributed by atoms with Crippen LogP contribution in [0.5, 0.6) is 5.88 Å². The smallest absolute Gasteiger partial charge is 0.338 e. The second kappa shape index (κ2) is 13.5. The van der Waals surface area contributed by atoms with Crippen LogP contribution in [0.1, 0.15) is 40.2 Å². The number of halogens is 3. The van der Waals surface area contributed by atoms with Gasteiger partial charge in [0.1, 0.15) is 23.1 Å². The molecule has 0 atom stereocenters. The lowest BCUT2D eigenvalue weighted by Gasteiger charge is -2.32. The molecule has 2 aromatic carbocycles. The van der Waals surface area contributed by atoms with E-state index in [2.05, 4.69) is 14.6 Å². The van der Waals surface area contributed by atoms with Crippen molar-refractivity contribution in [3.63, 3.8) is 0 Å². The maximum Gasteiger partial charge on any atom is 0.338 e. The van der Waals surface area contributed by atoms with Crippen LogP contribution >= 0.6 is 0 Å². The van der Waals surface area contributed by atoms with Crippen molar-refractivity contribution in [2.75, 3.05) is 62.4 Å². The van der Waals surface area contributed by atoms with E-state index in [1.54, 1.807) is 0 Å². The number of anilines is 2. The van der Waals surface area contributed by atoms with Gasteiger partial charge < -0.3 is 19.5 Å². The molecule has 2 aromatic heterocycles. The van der Waals surface area contributed by atoms with Crippen LogP contribution in [0, 0.1) is 17.5 Å². The number of likely N-dealkylation sites (tertiary alicyclic amines) is 1. The van der Waals surface area contributed by atoms with Crippen molar-refractivity contribution < 1.29 is 41.0 Å². The molecule has 0 amide bonds. The first kappa shape index (κ1) is 33.4. The Kier molecular flexibility index (Phi) is 9.40. The van der Waals surface area contributed by atoms with Crippen molar-refractivity contribution in [3.05, 3.63) is 70.7 Å². The average Bonchev–Trinajstić information content (AvgIpc) is 3.05. The Balaban J connectivity index is 1.35. The van der Waals surface area contributed by atoms with Crippen molar-refractivity contribution >= 4 is 38.5 Å². The molecule has 48 heavy (non-hydrogen) atoms. The summed E-state index contributed by atoms with van der Waals surface area (Å²) in [5, 5.41) is 9.51. The minimum atomic E-state index is -3.69. The Labute approximate surface area is 274 Å². The van der Waals surface area contributed by atoms with E-state index in [1.807, 2.05) is 4.90 Å². The summed E-state index contributed by atoms with van der Waals surface area (Å²) in [7, 11) is -2.33. The summed E-state index contributed by atoms with van der Waals surface area (Å²) in [5.41, 5.74) is 1.35. The molecule has 2 fully saturated rings. The molecular weight excluding hydrogens is 653 g/mol. The Morgan fingerprint density at radius 3 is 2.44 bits per heavy atom. The first-order valence-electron chi connectivity index (χ1n) is 15.2. The highest BCUT2D eigenvalue weighted by molar-refractivity contribution is 7.92. The molecule has 12 nitrogen and oxygen atoms in total. The van der Waals surface area contributed by atoms with E-state index in [9.17, 15) is 22.0 Å². The van der Waals surface area contributed by atoms with Crippen LogP contribution in [0.15, 0.2) is 36.5 Å². The molecule has 2 aliphatic heterocycles. The highest BCUT2D eigenvalue weighted by atomic mass is 32.2. The van der Waals surface area contributed by atoms with Gasteiger partial charge in [-0.05, 0) is 73.3 Å². The first-order valence-corrected chi connectivity index (χ1v) is 17.1. The molecule has 16 heteroatoms. The maximum absolute atomic E-state index is 15.3. The number of sulfonamides is 1. The number of carboxylic acid groups (broad SMARTS) is 1. The van der Waals surface area contributed by atoms with Gasteiger partial charge in [0.25, 0.3) is 0 Å². The van der Waals surface area contributed by atoms with Gasteiger partial charge in [-0.25, -0.2) is 41.3 Å². The number of piperidine rings is 1. The maximum atomic E-state index is 15.3. The normalized spacial score (nSPS) is 16.3. The van der Waals surface area contributed by atoms with Crippen LogP contribution in [0.25, 0.3) is 22.2 Å². The number of methoxy groups -OCH3 is 1. The van der Waals surface area contributed by atoms with Crippen molar-refractivity contribution in [2.24, 2.45) is 0 Å². The van der Waals surface area contributed by atoms with E-state index in [4.69, 9.17) is 24.5 Å². The van der Waals surface area contributed by atoms with Crippen LogP contribution in [-0.4, -0.2) is 92.1 Å². The molecule has 4 aromatic rings. The van der Waals surface area contributed by atoms with Crippen LogP contribution in [0.2, 0.25) is 0 Å². The number of hydrogen-bond acceptors (Lipinski definition) is 10. The zero-order chi connectivity index (χ0) is 34.2. The number of rotatable bonds is 9. The predicted molar refractivity (Wildman–Crippen MR) is 171 cm³/mol. The lowest BCUT2D eigenvalue weighted by molar-refractivity contribution is 0.0691. The van der Waals surface area contributed by atoms with Gasteiger partial charge in [-0.1, -0.05) is 0 Å². The number of morpholine rings is 1. The summed E-state index contributed by atoms with van der Waals surface area (Å²) in [6.45, 7) is 3.28. The zero-order valence-electron chi connectivity index (χ0n) is 26.2. The number of fused-ring (bicyclic) bond motifs is 1. The largest absolute Gasteiger partial charge is 0.480 e. The number of carbonyl (C=O) groups is 1. The van der Waals surface area contributed by atoms with Crippen LogP contribution in [0.4, 0.5) is 24.8 Å². The number of aromatic carboxylic acids is 1. The molecule has 0 bridgehead atoms. The fourth-order valence-electron chi connectivity index (χ4n) is 6.20. The first-order chi connectivity index (χ1) is 22.9. The van der Waals surface area contributed by atoms with Crippen LogP contribution in [-0.2, 0) is 21.3 Å². The molecule has 4 heterocycles. The number of hydrogen-bond donors (Lipinski definition) is 2. The molecule has 0 unspecified atom stereocenters.